The van der Waals surface area contributed by atoms with Gasteiger partial charge in [-0.25, -0.2) is 0 Å². The molecular weight excluding hydrogens is 260 g/mol. The molecule has 4 nitrogen and oxygen atoms in total. The molecule has 0 saturated heterocycles. The number of benzene rings is 1. The van der Waals surface area contributed by atoms with Gasteiger partial charge in [0.15, 0.2) is 0 Å². The summed E-state index contributed by atoms with van der Waals surface area (Å²) in [6, 6.07) is 11.1. The SMILES string of the molecule is Cn1cc(CNc2cc(Cl)ccc2C#N)cc1C#N. The van der Waals surface area contributed by atoms with Gasteiger partial charge in [-0.3, -0.25) is 0 Å². The molecule has 2 aromatic rings. The summed E-state index contributed by atoms with van der Waals surface area (Å²) in [4.78, 5) is 0. The highest BCUT2D eigenvalue weighted by atomic mass is 35.5. The van der Waals surface area contributed by atoms with E-state index in [0.29, 0.717) is 28.5 Å². The molecule has 19 heavy (non-hydrogen) atoms. The van der Waals surface area contributed by atoms with Crippen molar-refractivity contribution in [1.29, 1.82) is 10.5 Å². The molecule has 1 aromatic carbocycles. The molecular formula is C14H11ClN4. The molecule has 0 radical (unpaired) electrons. The Morgan fingerprint density at radius 2 is 2.05 bits per heavy atom. The van der Waals surface area contributed by atoms with Crippen LogP contribution in [0.15, 0.2) is 30.5 Å². The minimum absolute atomic E-state index is 0.532. The number of nitrogens with one attached hydrogen (secondary N) is 1. The first-order valence-corrected chi connectivity index (χ1v) is 6.00. The van der Waals surface area contributed by atoms with E-state index in [0.717, 1.165) is 5.56 Å². The van der Waals surface area contributed by atoms with Gasteiger partial charge in [-0.1, -0.05) is 11.6 Å². The molecule has 0 atom stereocenters. The fourth-order valence-electron chi connectivity index (χ4n) is 1.80. The first-order valence-electron chi connectivity index (χ1n) is 5.63. The second-order valence-electron chi connectivity index (χ2n) is 4.11. The summed E-state index contributed by atoms with van der Waals surface area (Å²) >= 11 is 5.91. The number of anilines is 1. The van der Waals surface area contributed by atoms with Crippen LogP contribution in [-0.4, -0.2) is 4.57 Å². The second kappa shape index (κ2) is 5.48. The monoisotopic (exact) mass is 270 g/mol. The van der Waals surface area contributed by atoms with Gasteiger partial charge in [-0.05, 0) is 29.8 Å². The zero-order valence-electron chi connectivity index (χ0n) is 10.3. The second-order valence-corrected chi connectivity index (χ2v) is 4.55. The average molecular weight is 271 g/mol. The molecule has 0 fully saturated rings. The van der Waals surface area contributed by atoms with Crippen molar-refractivity contribution >= 4 is 17.3 Å². The Morgan fingerprint density at radius 3 is 2.68 bits per heavy atom. The Bertz CT molecular complexity index is 688. The minimum Gasteiger partial charge on any atom is -0.380 e. The maximum Gasteiger partial charge on any atom is 0.120 e. The summed E-state index contributed by atoms with van der Waals surface area (Å²) in [5, 5.41) is 21.6. The maximum atomic E-state index is 9.01. The standard InChI is InChI=1S/C14H11ClN4/c1-19-9-10(4-13(19)7-17)8-18-14-5-12(15)3-2-11(14)6-16/h2-5,9,18H,8H2,1H3. The molecule has 0 saturated carbocycles. The van der Waals surface area contributed by atoms with Crippen LogP contribution in [0.2, 0.25) is 5.02 Å². The molecule has 0 spiro atoms. The van der Waals surface area contributed by atoms with Crippen LogP contribution in [0.1, 0.15) is 16.8 Å². The van der Waals surface area contributed by atoms with Crippen LogP contribution < -0.4 is 5.32 Å². The highest BCUT2D eigenvalue weighted by Gasteiger charge is 2.05. The van der Waals surface area contributed by atoms with E-state index < -0.39 is 0 Å². The minimum atomic E-state index is 0.532. The summed E-state index contributed by atoms with van der Waals surface area (Å²) in [6.07, 6.45) is 1.88. The molecule has 0 aliphatic carbocycles. The lowest BCUT2D eigenvalue weighted by atomic mass is 10.2. The first-order chi connectivity index (χ1) is 9.13. The highest BCUT2D eigenvalue weighted by molar-refractivity contribution is 6.30. The normalized spacial score (nSPS) is 9.68. The molecule has 2 rings (SSSR count). The summed E-state index contributed by atoms with van der Waals surface area (Å²) in [5.41, 5.74) is 2.81. The van der Waals surface area contributed by atoms with Crippen molar-refractivity contribution in [2.75, 3.05) is 5.32 Å². The van der Waals surface area contributed by atoms with Gasteiger partial charge < -0.3 is 9.88 Å². The number of halogens is 1. The van der Waals surface area contributed by atoms with E-state index in [9.17, 15) is 0 Å². The molecule has 0 amide bonds. The molecule has 1 aromatic heterocycles. The van der Waals surface area contributed by atoms with Crippen LogP contribution >= 0.6 is 11.6 Å². The highest BCUT2D eigenvalue weighted by Crippen LogP contribution is 2.21. The summed E-state index contributed by atoms with van der Waals surface area (Å²) < 4.78 is 1.76. The molecule has 0 aliphatic rings. The molecule has 94 valence electrons. The van der Waals surface area contributed by atoms with Crippen LogP contribution in [0.5, 0.6) is 0 Å². The van der Waals surface area contributed by atoms with Crippen molar-refractivity contribution in [2.45, 2.75) is 6.54 Å². The third-order valence-corrected chi connectivity index (χ3v) is 3.00. The molecule has 1 heterocycles. The van der Waals surface area contributed by atoms with Gasteiger partial charge in [0, 0.05) is 24.8 Å². The van der Waals surface area contributed by atoms with E-state index in [1.807, 2.05) is 19.3 Å². The topological polar surface area (TPSA) is 64.5 Å². The van der Waals surface area contributed by atoms with Crippen molar-refractivity contribution < 1.29 is 0 Å². The van der Waals surface area contributed by atoms with E-state index in [2.05, 4.69) is 17.5 Å². The largest absolute Gasteiger partial charge is 0.380 e. The summed E-state index contributed by atoms with van der Waals surface area (Å²) in [6.45, 7) is 0.532. The van der Waals surface area contributed by atoms with Crippen LogP contribution in [0, 0.1) is 22.7 Å². The number of nitriles is 2. The summed E-state index contributed by atoms with van der Waals surface area (Å²) in [7, 11) is 1.82. The number of hydrogen-bond acceptors (Lipinski definition) is 3. The molecule has 0 unspecified atom stereocenters. The smallest absolute Gasteiger partial charge is 0.120 e. The number of rotatable bonds is 3. The van der Waals surface area contributed by atoms with E-state index in [1.54, 1.807) is 22.8 Å². The summed E-state index contributed by atoms with van der Waals surface area (Å²) in [5.74, 6) is 0. The van der Waals surface area contributed by atoms with Gasteiger partial charge in [0.2, 0.25) is 0 Å². The number of aryl methyl sites for hydroxylation is 1. The Labute approximate surface area is 116 Å². The fraction of sp³-hybridized carbons (Fsp3) is 0.143. The van der Waals surface area contributed by atoms with Gasteiger partial charge in [-0.2, -0.15) is 10.5 Å². The molecule has 5 heteroatoms. The van der Waals surface area contributed by atoms with Crippen molar-refractivity contribution in [3.63, 3.8) is 0 Å². The lowest BCUT2D eigenvalue weighted by Crippen LogP contribution is -2.00. The lowest BCUT2D eigenvalue weighted by Gasteiger charge is -2.07. The molecule has 0 bridgehead atoms. The average Bonchev–Trinajstić information content (AvgIpc) is 2.77. The van der Waals surface area contributed by atoms with Crippen LogP contribution in [0.3, 0.4) is 0 Å². The van der Waals surface area contributed by atoms with Crippen LogP contribution in [-0.2, 0) is 13.6 Å². The number of hydrogen-bond donors (Lipinski definition) is 1. The van der Waals surface area contributed by atoms with Crippen LogP contribution in [0.4, 0.5) is 5.69 Å². The molecule has 1 N–H and O–H groups in total. The Kier molecular flexibility index (Phi) is 3.75. The lowest BCUT2D eigenvalue weighted by molar-refractivity contribution is 0.902. The van der Waals surface area contributed by atoms with E-state index in [4.69, 9.17) is 22.1 Å². The predicted molar refractivity (Wildman–Crippen MR) is 73.6 cm³/mol. The molecule has 0 aliphatic heterocycles. The quantitative estimate of drug-likeness (QED) is 0.932. The van der Waals surface area contributed by atoms with Gasteiger partial charge >= 0.3 is 0 Å². The predicted octanol–water partition coefficient (Wildman–Crippen LogP) is 3.03. The number of nitrogens with zero attached hydrogens (tertiary/aromatic N) is 3. The van der Waals surface area contributed by atoms with Crippen molar-refractivity contribution in [1.82, 2.24) is 4.57 Å². The zero-order valence-corrected chi connectivity index (χ0v) is 11.1. The van der Waals surface area contributed by atoms with Crippen molar-refractivity contribution in [3.05, 3.63) is 52.3 Å². The van der Waals surface area contributed by atoms with Gasteiger partial charge in [0.05, 0.1) is 11.3 Å². The Morgan fingerprint density at radius 1 is 1.26 bits per heavy atom. The number of aromatic nitrogens is 1. The third kappa shape index (κ3) is 2.88. The maximum absolute atomic E-state index is 9.01. The van der Waals surface area contributed by atoms with E-state index >= 15 is 0 Å². The Hall–Kier alpha value is -2.43. The zero-order chi connectivity index (χ0) is 13.8. The van der Waals surface area contributed by atoms with Crippen molar-refractivity contribution in [3.8, 4) is 12.1 Å². The van der Waals surface area contributed by atoms with Gasteiger partial charge in [-0.15, -0.1) is 0 Å². The van der Waals surface area contributed by atoms with E-state index in [1.165, 1.54) is 0 Å². The Balaban J connectivity index is 2.17. The van der Waals surface area contributed by atoms with Gasteiger partial charge in [0.25, 0.3) is 0 Å². The van der Waals surface area contributed by atoms with Crippen molar-refractivity contribution in [2.24, 2.45) is 7.05 Å². The van der Waals surface area contributed by atoms with Crippen LogP contribution in [0.25, 0.3) is 0 Å². The fourth-order valence-corrected chi connectivity index (χ4v) is 1.97. The first kappa shape index (κ1) is 13.0. The van der Waals surface area contributed by atoms with Gasteiger partial charge in [0.1, 0.15) is 17.8 Å². The van der Waals surface area contributed by atoms with E-state index in [-0.39, 0.29) is 0 Å². The third-order valence-electron chi connectivity index (χ3n) is 2.76.